The fourth-order valence-corrected chi connectivity index (χ4v) is 0.809. The SMILES string of the molecule is CCCCC(C)Br. The lowest BCUT2D eigenvalue weighted by atomic mass is 10.2. The van der Waals surface area contributed by atoms with Crippen LogP contribution >= 0.6 is 15.9 Å². The number of hydrogen-bond acceptors (Lipinski definition) is 0. The molecule has 1 unspecified atom stereocenters. The van der Waals surface area contributed by atoms with Gasteiger partial charge in [-0.1, -0.05) is 42.6 Å². The Hall–Kier alpha value is 0.480. The summed E-state index contributed by atoms with van der Waals surface area (Å²) in [7, 11) is 0. The molecule has 44 valence electrons. The van der Waals surface area contributed by atoms with Crippen molar-refractivity contribution < 1.29 is 0 Å². The molecule has 0 aromatic carbocycles. The van der Waals surface area contributed by atoms with Gasteiger partial charge in [-0.05, 0) is 6.42 Å². The first kappa shape index (κ1) is 7.48. The molecule has 0 aromatic rings. The summed E-state index contributed by atoms with van der Waals surface area (Å²) >= 11 is 3.48. The molecule has 0 saturated carbocycles. The van der Waals surface area contributed by atoms with Crippen LogP contribution in [0.2, 0.25) is 0 Å². The highest BCUT2D eigenvalue weighted by Crippen LogP contribution is 2.06. The minimum atomic E-state index is 0.715. The Morgan fingerprint density at radius 2 is 2.14 bits per heavy atom. The molecule has 0 fully saturated rings. The van der Waals surface area contributed by atoms with Crippen molar-refractivity contribution in [3.63, 3.8) is 0 Å². The summed E-state index contributed by atoms with van der Waals surface area (Å²) in [5.41, 5.74) is 0. The van der Waals surface area contributed by atoms with Gasteiger partial charge in [-0.25, -0.2) is 0 Å². The summed E-state index contributed by atoms with van der Waals surface area (Å²) in [6, 6.07) is 0. The Balaban J connectivity index is 2.68. The number of unbranched alkanes of at least 4 members (excludes halogenated alkanes) is 1. The van der Waals surface area contributed by atoms with E-state index in [1.54, 1.807) is 0 Å². The highest BCUT2D eigenvalue weighted by Gasteiger charge is 1.90. The maximum atomic E-state index is 3.48. The van der Waals surface area contributed by atoms with Gasteiger partial charge >= 0.3 is 0 Å². The van der Waals surface area contributed by atoms with Crippen molar-refractivity contribution in [1.29, 1.82) is 0 Å². The molecule has 0 heterocycles. The first-order chi connectivity index (χ1) is 3.27. The molecule has 1 heteroatoms. The number of hydrogen-bond donors (Lipinski definition) is 0. The van der Waals surface area contributed by atoms with Crippen LogP contribution in [0.15, 0.2) is 0 Å². The van der Waals surface area contributed by atoms with Crippen LogP contribution in [0.1, 0.15) is 33.1 Å². The topological polar surface area (TPSA) is 0 Å². The van der Waals surface area contributed by atoms with Gasteiger partial charge in [0.2, 0.25) is 0 Å². The van der Waals surface area contributed by atoms with E-state index in [1.165, 1.54) is 19.3 Å². The van der Waals surface area contributed by atoms with Crippen molar-refractivity contribution in [2.24, 2.45) is 0 Å². The lowest BCUT2D eigenvalue weighted by Gasteiger charge is -1.96. The molecule has 0 aliphatic carbocycles. The Morgan fingerprint density at radius 1 is 1.57 bits per heavy atom. The summed E-state index contributed by atoms with van der Waals surface area (Å²) in [6.07, 6.45) is 3.98. The number of alkyl halides is 1. The standard InChI is InChI=1S/C6H13Br/c1-3-4-5-6(2)7/h6H,3-5H2,1-2H3. The molecule has 0 saturated heterocycles. The molecular formula is C6H13Br. The van der Waals surface area contributed by atoms with Crippen molar-refractivity contribution >= 4 is 15.9 Å². The second-order valence-electron chi connectivity index (χ2n) is 1.92. The predicted octanol–water partition coefficient (Wildman–Crippen LogP) is 2.96. The Labute approximate surface area is 54.4 Å². The molecule has 0 aliphatic rings. The molecule has 0 nitrogen and oxygen atoms in total. The molecule has 0 amide bonds. The van der Waals surface area contributed by atoms with Crippen LogP contribution in [-0.4, -0.2) is 4.83 Å². The molecule has 0 aromatic heterocycles. The lowest BCUT2D eigenvalue weighted by molar-refractivity contribution is 0.719. The minimum Gasteiger partial charge on any atom is -0.0894 e. The maximum absolute atomic E-state index is 3.48. The predicted molar refractivity (Wildman–Crippen MR) is 37.9 cm³/mol. The summed E-state index contributed by atoms with van der Waals surface area (Å²) in [5, 5.41) is 0. The van der Waals surface area contributed by atoms with Gasteiger partial charge in [0.25, 0.3) is 0 Å². The van der Waals surface area contributed by atoms with Crippen molar-refractivity contribution in [1.82, 2.24) is 0 Å². The van der Waals surface area contributed by atoms with E-state index in [0.717, 1.165) is 0 Å². The minimum absolute atomic E-state index is 0.715. The van der Waals surface area contributed by atoms with Crippen molar-refractivity contribution in [3.8, 4) is 0 Å². The third-order valence-electron chi connectivity index (χ3n) is 0.955. The highest BCUT2D eigenvalue weighted by atomic mass is 79.9. The Bertz CT molecular complexity index is 33.2. The first-order valence-electron chi connectivity index (χ1n) is 2.91. The quantitative estimate of drug-likeness (QED) is 0.564. The van der Waals surface area contributed by atoms with Gasteiger partial charge in [-0.15, -0.1) is 0 Å². The normalized spacial score (nSPS) is 14.1. The maximum Gasteiger partial charge on any atom is 0.0117 e. The molecule has 0 bridgehead atoms. The monoisotopic (exact) mass is 164 g/mol. The molecule has 0 spiro atoms. The Kier molecular flexibility index (Phi) is 4.95. The van der Waals surface area contributed by atoms with E-state index in [-0.39, 0.29) is 0 Å². The zero-order valence-electron chi connectivity index (χ0n) is 5.08. The van der Waals surface area contributed by atoms with Crippen molar-refractivity contribution in [3.05, 3.63) is 0 Å². The number of rotatable bonds is 3. The molecule has 0 radical (unpaired) electrons. The fourth-order valence-electron chi connectivity index (χ4n) is 0.485. The van der Waals surface area contributed by atoms with Crippen LogP contribution < -0.4 is 0 Å². The number of halogens is 1. The van der Waals surface area contributed by atoms with E-state index in [2.05, 4.69) is 29.8 Å². The highest BCUT2D eigenvalue weighted by molar-refractivity contribution is 9.09. The largest absolute Gasteiger partial charge is 0.0894 e. The lowest BCUT2D eigenvalue weighted by Crippen LogP contribution is -1.86. The van der Waals surface area contributed by atoms with Crippen LogP contribution in [0, 0.1) is 0 Å². The second kappa shape index (κ2) is 4.63. The van der Waals surface area contributed by atoms with Crippen LogP contribution in [0.25, 0.3) is 0 Å². The smallest absolute Gasteiger partial charge is 0.0117 e. The van der Waals surface area contributed by atoms with Crippen LogP contribution in [0.3, 0.4) is 0 Å². The summed E-state index contributed by atoms with van der Waals surface area (Å²) in [5.74, 6) is 0. The van der Waals surface area contributed by atoms with Gasteiger partial charge < -0.3 is 0 Å². The molecular weight excluding hydrogens is 152 g/mol. The zero-order valence-corrected chi connectivity index (χ0v) is 6.66. The second-order valence-corrected chi connectivity index (χ2v) is 3.49. The molecule has 0 aliphatic heterocycles. The van der Waals surface area contributed by atoms with Gasteiger partial charge in [0.1, 0.15) is 0 Å². The first-order valence-corrected chi connectivity index (χ1v) is 3.83. The van der Waals surface area contributed by atoms with E-state index >= 15 is 0 Å². The van der Waals surface area contributed by atoms with Gasteiger partial charge in [0.05, 0.1) is 0 Å². The van der Waals surface area contributed by atoms with E-state index in [4.69, 9.17) is 0 Å². The van der Waals surface area contributed by atoms with Crippen molar-refractivity contribution in [2.45, 2.75) is 37.9 Å². The average molecular weight is 165 g/mol. The third kappa shape index (κ3) is 6.48. The van der Waals surface area contributed by atoms with Crippen molar-refractivity contribution in [2.75, 3.05) is 0 Å². The Morgan fingerprint density at radius 3 is 2.29 bits per heavy atom. The molecule has 7 heavy (non-hydrogen) atoms. The third-order valence-corrected chi connectivity index (χ3v) is 1.41. The average Bonchev–Trinajstić information content (AvgIpc) is 1.61. The fraction of sp³-hybridized carbons (Fsp3) is 1.00. The summed E-state index contributed by atoms with van der Waals surface area (Å²) in [4.78, 5) is 0.715. The van der Waals surface area contributed by atoms with Gasteiger partial charge in [-0.2, -0.15) is 0 Å². The van der Waals surface area contributed by atoms with Gasteiger partial charge in [0, 0.05) is 4.83 Å². The molecule has 0 N–H and O–H groups in total. The van der Waals surface area contributed by atoms with Crippen LogP contribution in [-0.2, 0) is 0 Å². The molecule has 1 atom stereocenters. The van der Waals surface area contributed by atoms with E-state index in [0.29, 0.717) is 4.83 Å². The van der Waals surface area contributed by atoms with Crippen LogP contribution in [0.5, 0.6) is 0 Å². The van der Waals surface area contributed by atoms with E-state index in [9.17, 15) is 0 Å². The van der Waals surface area contributed by atoms with Gasteiger partial charge in [-0.3, -0.25) is 0 Å². The van der Waals surface area contributed by atoms with Gasteiger partial charge in [0.15, 0.2) is 0 Å². The summed E-state index contributed by atoms with van der Waals surface area (Å²) < 4.78 is 0. The molecule has 0 rings (SSSR count). The van der Waals surface area contributed by atoms with E-state index in [1.807, 2.05) is 0 Å². The summed E-state index contributed by atoms with van der Waals surface area (Å²) in [6.45, 7) is 4.41. The van der Waals surface area contributed by atoms with E-state index < -0.39 is 0 Å². The van der Waals surface area contributed by atoms with Crippen LogP contribution in [0.4, 0.5) is 0 Å². The zero-order chi connectivity index (χ0) is 5.70.